The molecule has 0 aliphatic carbocycles. The Morgan fingerprint density at radius 1 is 0.599 bits per heavy atom. The van der Waals surface area contributed by atoms with Crippen molar-refractivity contribution in [3.8, 4) is 5.75 Å². The number of phosphoric acid groups is 1. The maximum Gasteiger partial charge on any atom is 1.00 e. The van der Waals surface area contributed by atoms with E-state index in [1.807, 2.05) is 12.1 Å². The van der Waals surface area contributed by atoms with E-state index >= 15 is 0 Å². The number of carbonyl (C=O) groups excluding carboxylic acids is 11. The van der Waals surface area contributed by atoms with Crippen molar-refractivity contribution < 1.29 is 167 Å². The van der Waals surface area contributed by atoms with E-state index in [1.165, 1.54) is 177 Å². The van der Waals surface area contributed by atoms with Gasteiger partial charge in [-0.1, -0.05) is 216 Å². The monoisotopic (exact) mass is 2170 g/mol. The SMILES string of the molecule is CCCCCCCCCCCCCCCCC(=O)OC[C@H](COP(=O)([O-])OCCNC(=O)OCCNC(=O)CCCc1ccc(N2C(=O)CC(C)C2=O)cc1)OC(=O)CCCCCCCCCCCCCCCC.CSCC(=O)N[C@@H](CSOOO)C(=O)N[C@@H](CSOOO)C(=O)NCCNC(=O)CCCOc1cc(C)c(S(=O)(=O)N[C@@H](CNC(=O)c2cn(C)c3cc(CNc4ncc[nH]4)ccc3c2=O)C(=O)O)c(C)c1.[Na+]. The third-order valence-corrected chi connectivity index (χ3v) is 27.8. The Morgan fingerprint density at radius 3 is 1.68 bits per heavy atom. The molecular formula is C98H151N13NaO30PS4. The molecule has 3 aromatic carbocycles. The topological polar surface area (TPSA) is 594 Å². The molecule has 0 spiro atoms. The van der Waals surface area contributed by atoms with Crippen molar-refractivity contribution in [2.45, 2.75) is 301 Å². The zero-order chi connectivity index (χ0) is 107. The number of aryl methyl sites for hydroxylation is 4. The van der Waals surface area contributed by atoms with Gasteiger partial charge < -0.3 is 90.1 Å². The van der Waals surface area contributed by atoms with Crippen molar-refractivity contribution >= 4 is 147 Å². The summed E-state index contributed by atoms with van der Waals surface area (Å²) in [6.07, 6.45) is 39.7. The van der Waals surface area contributed by atoms with Crippen LogP contribution in [0.15, 0.2) is 82.9 Å². The minimum atomic E-state index is -4.92. The number of nitrogens with zero attached hydrogens (tertiary/aromatic N) is 3. The molecule has 1 aliphatic heterocycles. The number of rotatable bonds is 80. The molecule has 3 heterocycles. The molecule has 2 aromatic heterocycles. The Kier molecular flexibility index (Phi) is 68.0. The van der Waals surface area contributed by atoms with Gasteiger partial charge >= 0.3 is 53.6 Å². The molecule has 6 atom stereocenters. The van der Waals surface area contributed by atoms with Crippen molar-refractivity contribution in [2.75, 3.05) is 99.5 Å². The van der Waals surface area contributed by atoms with E-state index < -0.39 is 121 Å². The van der Waals surface area contributed by atoms with Crippen molar-refractivity contribution in [1.29, 1.82) is 0 Å². The number of aromatic nitrogens is 3. The van der Waals surface area contributed by atoms with Gasteiger partial charge in [-0.25, -0.2) is 28.7 Å². The number of thioether (sulfide) groups is 1. The first kappa shape index (κ1) is 130. The maximum atomic E-state index is 13.6. The van der Waals surface area contributed by atoms with E-state index in [0.717, 1.165) is 49.7 Å². The summed E-state index contributed by atoms with van der Waals surface area (Å²) in [5.74, 6) is -6.53. The molecule has 5 aromatic rings. The number of H-pyrrole nitrogens is 1. The van der Waals surface area contributed by atoms with Gasteiger partial charge in [0.2, 0.25) is 56.8 Å². The molecule has 1 fully saturated rings. The van der Waals surface area contributed by atoms with Crippen LogP contribution in [-0.2, 0) is 125 Å². The quantitative estimate of drug-likeness (QED) is 0.00198. The van der Waals surface area contributed by atoms with Gasteiger partial charge in [-0.05, 0) is 111 Å². The Hall–Kier alpha value is -8.85. The number of unbranched alkanes of at least 4 members (excludes halogenated alkanes) is 26. The van der Waals surface area contributed by atoms with Crippen LogP contribution in [0.3, 0.4) is 0 Å². The summed E-state index contributed by atoms with van der Waals surface area (Å²) >= 11 is 2.17. The predicted molar refractivity (Wildman–Crippen MR) is 551 cm³/mol. The average Bonchev–Trinajstić information content (AvgIpc) is 1.75. The number of sulfonamides is 1. The van der Waals surface area contributed by atoms with Crippen LogP contribution in [-0.4, -0.2) is 223 Å². The molecule has 0 radical (unpaired) electrons. The van der Waals surface area contributed by atoms with E-state index in [4.69, 9.17) is 38.5 Å². The number of amides is 9. The van der Waals surface area contributed by atoms with Crippen LogP contribution >= 0.6 is 43.7 Å². The molecule has 49 heteroatoms. The number of anilines is 2. The molecular weight excluding hydrogens is 2020 g/mol. The van der Waals surface area contributed by atoms with Crippen molar-refractivity contribution in [1.82, 2.24) is 56.5 Å². The molecule has 0 bridgehead atoms. The summed E-state index contributed by atoms with van der Waals surface area (Å²) in [5, 5.41) is 54.7. The van der Waals surface area contributed by atoms with Crippen molar-refractivity contribution in [3.63, 3.8) is 0 Å². The molecule has 2 unspecified atom stereocenters. The number of benzene rings is 3. The van der Waals surface area contributed by atoms with Gasteiger partial charge in [0.25, 0.3) is 13.7 Å². The number of ether oxygens (including phenoxy) is 4. The van der Waals surface area contributed by atoms with Gasteiger partial charge in [-0.3, -0.25) is 67.0 Å². The number of hydrogen-bond donors (Lipinski definition) is 13. The Morgan fingerprint density at radius 2 is 1.14 bits per heavy atom. The van der Waals surface area contributed by atoms with Crippen LogP contribution in [0.5, 0.6) is 5.75 Å². The van der Waals surface area contributed by atoms with Gasteiger partial charge in [0.15, 0.2) is 12.1 Å². The number of hydrogen-bond acceptors (Lipinski definition) is 34. The number of aromatic amines is 1. The number of phosphoric ester groups is 1. The van der Waals surface area contributed by atoms with Crippen LogP contribution in [0.1, 0.15) is 278 Å². The average molecular weight is 2170 g/mol. The van der Waals surface area contributed by atoms with Crippen LogP contribution < -0.4 is 96.8 Å². The number of carboxylic acids is 1. The van der Waals surface area contributed by atoms with Crippen LogP contribution in [0.2, 0.25) is 0 Å². The molecule has 1 saturated heterocycles. The van der Waals surface area contributed by atoms with E-state index in [0.29, 0.717) is 73.5 Å². The molecule has 0 saturated carbocycles. The summed E-state index contributed by atoms with van der Waals surface area (Å²) < 4.78 is 83.9. The normalized spacial score (nSPS) is 13.6. The molecule has 9 amide bonds. The number of fused-ring (bicyclic) bond motifs is 1. The maximum absolute atomic E-state index is 13.6. The number of alkyl carbamates (subject to hydrolysis) is 1. The zero-order valence-electron chi connectivity index (χ0n) is 86.0. The molecule has 818 valence electrons. The largest absolute Gasteiger partial charge is 1.00 e. The summed E-state index contributed by atoms with van der Waals surface area (Å²) in [6.45, 7) is 7.07. The summed E-state index contributed by atoms with van der Waals surface area (Å²) in [4.78, 5) is 185. The van der Waals surface area contributed by atoms with E-state index in [1.54, 1.807) is 67.5 Å². The Labute approximate surface area is 895 Å². The fraction of sp³-hybridized carbons (Fsp3) is 0.633. The summed E-state index contributed by atoms with van der Waals surface area (Å²) in [7, 11) is -7.79. The number of imidazole rings is 1. The minimum absolute atomic E-state index is 0. The minimum Gasteiger partial charge on any atom is -0.756 e. The standard InChI is InChI=1S/C57H98N3O13P.C41H54N10O17S4.Na/c1-4-6-8-10-12-14-16-18-20-22-24-26-28-30-35-54(63)70-46-51(73-55(64)36-31-29-27-25-23-21-19-17-15-13-11-9-7-5-2)47-72-74(67,68)71-44-42-59-57(66)69-43-41-58-52(61)34-32-33-49-37-39-50(40-38-49)60-53(62)45-48(3)56(60)65;1-23-14-26(64-13-5-6-33(52)42-9-10-43-38(56)30(20-70-67-65-60)49-39(57)31(21-71-68-66-61)48-34(53)22-69-4)15-24(2)36(23)72(62,63)50-29(40(58)59)18-46-37(55)28-19-51(3)32-16-25(7-8-27(32)35(28)54)17-47-41-44-11-12-45-41;/h37-40,48,51H,4-36,41-47H2,1-3H3,(H,58,61)(H,59,66)(H,67,68);7-8,11-12,14-16,19,29-31,50,60-61H,5-6,9-10,13,17-18,20-22H2,1-4H3,(H,42,52)(H,43,56)(H,46,55)(H,48,53)(H,49,57)(H,58,59)(H2,44,45,47);/q;;+1/p-1/t48?,51-;29-,30-,31-;/m10./s1. The fourth-order valence-electron chi connectivity index (χ4n) is 15.6. The third kappa shape index (κ3) is 55.1. The van der Waals surface area contributed by atoms with E-state index in [2.05, 4.69) is 89.8 Å². The Balaban J connectivity index is 0.000000608. The molecule has 1 aliphatic rings. The zero-order valence-corrected chi connectivity index (χ0v) is 92.1. The van der Waals surface area contributed by atoms with Gasteiger partial charge in [0, 0.05) is 126 Å². The van der Waals surface area contributed by atoms with E-state index in [-0.39, 0.29) is 188 Å². The van der Waals surface area contributed by atoms with Gasteiger partial charge in [0.1, 0.15) is 42.7 Å². The number of nitrogens with one attached hydrogen (secondary N) is 10. The van der Waals surface area contributed by atoms with Crippen LogP contribution in [0, 0.1) is 19.8 Å². The second-order valence-corrected chi connectivity index (χ2v) is 40.8. The van der Waals surface area contributed by atoms with Crippen molar-refractivity contribution in [3.05, 3.63) is 111 Å². The van der Waals surface area contributed by atoms with E-state index in [9.17, 15) is 85.3 Å². The predicted octanol–water partition coefficient (Wildman–Crippen LogP) is 9.97. The number of aliphatic carboxylic acids is 1. The van der Waals surface area contributed by atoms with Crippen LogP contribution in [0.25, 0.3) is 10.9 Å². The number of esters is 2. The Bertz CT molecular complexity index is 5000. The number of imide groups is 1. The molecule has 13 N–H and O–H groups in total. The third-order valence-electron chi connectivity index (χ3n) is 23.3. The summed E-state index contributed by atoms with van der Waals surface area (Å²) in [6, 6.07) is 10.7. The van der Waals surface area contributed by atoms with Gasteiger partial charge in [0.05, 0.1) is 59.7 Å². The van der Waals surface area contributed by atoms with Crippen LogP contribution in [0.4, 0.5) is 16.4 Å². The fourth-order valence-corrected chi connectivity index (χ4v) is 19.3. The molecule has 43 nitrogen and oxygen atoms in total. The molecule has 6 rings (SSSR count). The van der Waals surface area contributed by atoms with Crippen molar-refractivity contribution in [2.24, 2.45) is 13.0 Å². The van der Waals surface area contributed by atoms with Gasteiger partial charge in [-0.2, -0.15) is 16.5 Å². The first-order valence-corrected chi connectivity index (χ1v) is 56.4. The first-order valence-electron chi connectivity index (χ1n) is 50.3. The number of carbonyl (C=O) groups is 12. The van der Waals surface area contributed by atoms with Gasteiger partial charge in [-0.15, -0.1) is 8.67 Å². The smallest absolute Gasteiger partial charge is 0.756 e. The second-order valence-electron chi connectivity index (χ2n) is 35.5. The summed E-state index contributed by atoms with van der Waals surface area (Å²) in [5.41, 5.74) is 2.39. The first-order chi connectivity index (χ1) is 70.2. The second kappa shape index (κ2) is 76.6. The molecule has 147 heavy (non-hydrogen) atoms. The number of carboxylic acid groups (broad SMARTS) is 1. The number of pyridine rings is 1.